The summed E-state index contributed by atoms with van der Waals surface area (Å²) in [5.74, 6) is 0. The molecule has 2 heterocycles. The minimum Gasteiger partial charge on any atom is -0.365 e. The van der Waals surface area contributed by atoms with Crippen molar-refractivity contribution in [2.75, 3.05) is 18.0 Å². The number of urea groups is 1. The van der Waals surface area contributed by atoms with Crippen molar-refractivity contribution in [3.63, 3.8) is 0 Å². The molecule has 7 nitrogen and oxygen atoms in total. The average molecular weight is 419 g/mol. The van der Waals surface area contributed by atoms with Crippen LogP contribution in [0, 0.1) is 5.41 Å². The van der Waals surface area contributed by atoms with Gasteiger partial charge in [-0.15, -0.1) is 0 Å². The fourth-order valence-electron chi connectivity index (χ4n) is 3.97. The number of rotatable bonds is 4. The van der Waals surface area contributed by atoms with Crippen molar-refractivity contribution in [2.24, 2.45) is 0 Å². The number of anilines is 1. The maximum absolute atomic E-state index is 13.0. The van der Waals surface area contributed by atoms with Crippen LogP contribution in [0.2, 0.25) is 5.02 Å². The van der Waals surface area contributed by atoms with Crippen LogP contribution >= 0.6 is 11.6 Å². The first-order chi connectivity index (χ1) is 13.8. The SMILES string of the molecule is CCC1=CC(C)NC(NC(=O)N2C[C@H](C)N(c3ccc(C=N)c(Cl)c3)C[C@H]2C)N1. The number of nitrogens with zero attached hydrogens (tertiary/aromatic N) is 2. The fourth-order valence-corrected chi connectivity index (χ4v) is 4.20. The van der Waals surface area contributed by atoms with E-state index in [9.17, 15) is 4.79 Å². The molecule has 4 atom stereocenters. The Balaban J connectivity index is 1.65. The van der Waals surface area contributed by atoms with Crippen molar-refractivity contribution in [3.05, 3.63) is 40.6 Å². The summed E-state index contributed by atoms with van der Waals surface area (Å²) in [6.45, 7) is 9.69. The number of amides is 2. The van der Waals surface area contributed by atoms with Crippen molar-refractivity contribution in [1.29, 1.82) is 5.41 Å². The molecule has 0 bridgehead atoms. The van der Waals surface area contributed by atoms with Gasteiger partial charge in [-0.2, -0.15) is 0 Å². The molecule has 0 aliphatic carbocycles. The van der Waals surface area contributed by atoms with Crippen LogP contribution in [0.1, 0.15) is 39.7 Å². The van der Waals surface area contributed by atoms with E-state index in [1.54, 1.807) is 0 Å². The maximum Gasteiger partial charge on any atom is 0.320 e. The van der Waals surface area contributed by atoms with Gasteiger partial charge in [-0.25, -0.2) is 4.79 Å². The highest BCUT2D eigenvalue weighted by molar-refractivity contribution is 6.33. The Bertz CT molecular complexity index is 797. The number of halogens is 1. The van der Waals surface area contributed by atoms with E-state index in [4.69, 9.17) is 17.0 Å². The second kappa shape index (κ2) is 9.05. The molecule has 4 N–H and O–H groups in total. The topological polar surface area (TPSA) is 83.5 Å². The zero-order valence-electron chi connectivity index (χ0n) is 17.5. The molecular formula is C21H31ClN6O. The van der Waals surface area contributed by atoms with Crippen molar-refractivity contribution < 1.29 is 4.79 Å². The van der Waals surface area contributed by atoms with Crippen LogP contribution in [-0.4, -0.2) is 54.7 Å². The van der Waals surface area contributed by atoms with Crippen molar-refractivity contribution in [2.45, 2.75) is 58.5 Å². The molecule has 0 aromatic heterocycles. The van der Waals surface area contributed by atoms with Crippen LogP contribution in [0.4, 0.5) is 10.5 Å². The molecule has 1 saturated heterocycles. The third kappa shape index (κ3) is 4.85. The van der Waals surface area contributed by atoms with E-state index in [0.717, 1.165) is 24.4 Å². The molecule has 1 fully saturated rings. The van der Waals surface area contributed by atoms with E-state index in [1.807, 2.05) is 23.1 Å². The van der Waals surface area contributed by atoms with Crippen LogP contribution in [0.3, 0.4) is 0 Å². The standard InChI is InChI=1S/C21H31ClN6O/c1-5-17-8-13(2)24-20(25-17)26-21(29)28-12-14(3)27(11-15(28)4)18-7-6-16(10-23)19(22)9-18/h6-10,13-15,20,23-25H,5,11-12H2,1-4H3,(H,26,29)/t13?,14-,15+,20?/m0/s1. The zero-order valence-corrected chi connectivity index (χ0v) is 18.3. The molecule has 2 amide bonds. The number of allylic oxidation sites excluding steroid dienone is 1. The smallest absolute Gasteiger partial charge is 0.320 e. The molecule has 158 valence electrons. The lowest BCUT2D eigenvalue weighted by atomic mass is 10.1. The number of carbonyl (C=O) groups excluding carboxylic acids is 1. The lowest BCUT2D eigenvalue weighted by molar-refractivity contribution is 0.152. The van der Waals surface area contributed by atoms with Gasteiger partial charge in [0.05, 0.1) is 5.02 Å². The Morgan fingerprint density at radius 2 is 2.07 bits per heavy atom. The molecule has 2 aliphatic rings. The lowest BCUT2D eigenvalue weighted by Crippen LogP contribution is -2.65. The van der Waals surface area contributed by atoms with Gasteiger partial charge in [-0.05, 0) is 51.5 Å². The Labute approximate surface area is 178 Å². The van der Waals surface area contributed by atoms with E-state index in [2.05, 4.69) is 54.6 Å². The van der Waals surface area contributed by atoms with Gasteiger partial charge in [0, 0.05) is 54.4 Å². The van der Waals surface area contributed by atoms with Gasteiger partial charge in [0.2, 0.25) is 0 Å². The van der Waals surface area contributed by atoms with Gasteiger partial charge >= 0.3 is 6.03 Å². The van der Waals surface area contributed by atoms with Gasteiger partial charge < -0.3 is 25.8 Å². The van der Waals surface area contributed by atoms with Crippen LogP contribution < -0.4 is 20.9 Å². The lowest BCUT2D eigenvalue weighted by Gasteiger charge is -2.45. The van der Waals surface area contributed by atoms with E-state index in [1.165, 1.54) is 6.21 Å². The summed E-state index contributed by atoms with van der Waals surface area (Å²) >= 11 is 6.29. The third-order valence-corrected chi connectivity index (χ3v) is 5.90. The van der Waals surface area contributed by atoms with Crippen molar-refractivity contribution >= 4 is 29.5 Å². The summed E-state index contributed by atoms with van der Waals surface area (Å²) in [6.07, 6.45) is 4.03. The summed E-state index contributed by atoms with van der Waals surface area (Å²) in [7, 11) is 0. The van der Waals surface area contributed by atoms with Crippen LogP contribution in [0.25, 0.3) is 0 Å². The highest BCUT2D eigenvalue weighted by atomic mass is 35.5. The fraction of sp³-hybridized carbons (Fsp3) is 0.524. The molecule has 0 spiro atoms. The van der Waals surface area contributed by atoms with Crippen LogP contribution in [0.15, 0.2) is 30.0 Å². The zero-order chi connectivity index (χ0) is 21.1. The van der Waals surface area contributed by atoms with Gasteiger partial charge in [0.1, 0.15) is 0 Å². The molecule has 3 rings (SSSR count). The first-order valence-corrected chi connectivity index (χ1v) is 10.6. The molecule has 2 unspecified atom stereocenters. The quantitative estimate of drug-likeness (QED) is 0.566. The second-order valence-corrected chi connectivity index (χ2v) is 8.29. The molecule has 1 aromatic carbocycles. The number of benzene rings is 1. The Kier molecular flexibility index (Phi) is 6.70. The molecule has 8 heteroatoms. The van der Waals surface area contributed by atoms with Crippen LogP contribution in [-0.2, 0) is 0 Å². The number of nitrogens with one attached hydrogen (secondary N) is 4. The van der Waals surface area contributed by atoms with E-state index in [-0.39, 0.29) is 30.4 Å². The molecular weight excluding hydrogens is 388 g/mol. The van der Waals surface area contributed by atoms with Gasteiger partial charge in [0.15, 0.2) is 6.29 Å². The Hall–Kier alpha value is -2.25. The first kappa shape index (κ1) is 21.5. The normalized spacial score (nSPS) is 27.1. The van der Waals surface area contributed by atoms with Crippen molar-refractivity contribution in [3.8, 4) is 0 Å². The molecule has 29 heavy (non-hydrogen) atoms. The summed E-state index contributed by atoms with van der Waals surface area (Å²) in [5, 5.41) is 17.7. The van der Waals surface area contributed by atoms with E-state index >= 15 is 0 Å². The summed E-state index contributed by atoms with van der Waals surface area (Å²) in [4.78, 5) is 17.1. The summed E-state index contributed by atoms with van der Waals surface area (Å²) < 4.78 is 0. The van der Waals surface area contributed by atoms with Crippen LogP contribution in [0.5, 0.6) is 0 Å². The van der Waals surface area contributed by atoms with Gasteiger partial charge in [-0.3, -0.25) is 5.32 Å². The van der Waals surface area contributed by atoms with Gasteiger partial charge in [-0.1, -0.05) is 18.5 Å². The van der Waals surface area contributed by atoms with Crippen molar-refractivity contribution in [1.82, 2.24) is 20.9 Å². The highest BCUT2D eigenvalue weighted by Gasteiger charge is 2.33. The largest absolute Gasteiger partial charge is 0.365 e. The Morgan fingerprint density at radius 3 is 2.72 bits per heavy atom. The van der Waals surface area contributed by atoms with Gasteiger partial charge in [0.25, 0.3) is 0 Å². The molecule has 0 radical (unpaired) electrons. The molecule has 1 aromatic rings. The predicted octanol–water partition coefficient (Wildman–Crippen LogP) is 3.11. The predicted molar refractivity (Wildman–Crippen MR) is 119 cm³/mol. The third-order valence-electron chi connectivity index (χ3n) is 5.58. The number of hydrogen-bond acceptors (Lipinski definition) is 5. The molecule has 2 aliphatic heterocycles. The summed E-state index contributed by atoms with van der Waals surface area (Å²) in [5.41, 5.74) is 2.86. The number of hydrogen-bond donors (Lipinski definition) is 4. The molecule has 0 saturated carbocycles. The first-order valence-electron chi connectivity index (χ1n) is 10.2. The Morgan fingerprint density at radius 1 is 1.31 bits per heavy atom. The maximum atomic E-state index is 13.0. The monoisotopic (exact) mass is 418 g/mol. The highest BCUT2D eigenvalue weighted by Crippen LogP contribution is 2.27. The average Bonchev–Trinajstić information content (AvgIpc) is 2.68. The number of carbonyl (C=O) groups is 1. The minimum absolute atomic E-state index is 0.0505. The van der Waals surface area contributed by atoms with E-state index in [0.29, 0.717) is 17.1 Å². The van der Waals surface area contributed by atoms with E-state index < -0.39 is 0 Å². The summed E-state index contributed by atoms with van der Waals surface area (Å²) in [6, 6.07) is 6.08. The number of piperazine rings is 1. The minimum atomic E-state index is -0.273. The second-order valence-electron chi connectivity index (χ2n) is 7.88.